The molecule has 1 aliphatic heterocycles. The van der Waals surface area contributed by atoms with Gasteiger partial charge in [-0.15, -0.1) is 0 Å². The Labute approximate surface area is 240 Å². The lowest BCUT2D eigenvalue weighted by Crippen LogP contribution is -2.52. The van der Waals surface area contributed by atoms with Crippen molar-refractivity contribution in [1.82, 2.24) is 10.2 Å². The van der Waals surface area contributed by atoms with Crippen molar-refractivity contribution >= 4 is 34.8 Å². The number of amides is 2. The summed E-state index contributed by atoms with van der Waals surface area (Å²) in [5, 5.41) is 15.3. The Kier molecular flexibility index (Phi) is 10.3. The van der Waals surface area contributed by atoms with E-state index in [0.717, 1.165) is 6.07 Å². The highest BCUT2D eigenvalue weighted by Crippen LogP contribution is 2.33. The van der Waals surface area contributed by atoms with E-state index >= 15 is 0 Å². The number of aliphatic hydroxyl groups is 1. The van der Waals surface area contributed by atoms with Gasteiger partial charge in [-0.3, -0.25) is 14.5 Å². The van der Waals surface area contributed by atoms with Gasteiger partial charge in [0.05, 0.1) is 23.4 Å². The van der Waals surface area contributed by atoms with Crippen LogP contribution in [-0.2, 0) is 11.3 Å². The smallest absolute Gasteiger partial charge is 0.383 e. The van der Waals surface area contributed by atoms with E-state index in [0.29, 0.717) is 30.3 Å². The van der Waals surface area contributed by atoms with Crippen molar-refractivity contribution in [1.29, 1.82) is 0 Å². The van der Waals surface area contributed by atoms with E-state index in [4.69, 9.17) is 11.6 Å². The maximum Gasteiger partial charge on any atom is 0.390 e. The normalized spacial score (nSPS) is 17.3. The Morgan fingerprint density at radius 2 is 1.78 bits per heavy atom. The molecule has 3 N–H and O–H groups in total. The fourth-order valence-corrected chi connectivity index (χ4v) is 4.66. The number of carbonyl (C=O) groups is 2. The maximum absolute atomic E-state index is 15.0. The molecule has 0 bridgehead atoms. The Morgan fingerprint density at radius 3 is 2.39 bits per heavy atom. The van der Waals surface area contributed by atoms with Gasteiger partial charge >= 0.3 is 6.18 Å². The number of rotatable bonds is 8. The maximum atomic E-state index is 15.0. The summed E-state index contributed by atoms with van der Waals surface area (Å²) in [7, 11) is 0. The topological polar surface area (TPSA) is 84.9 Å². The van der Waals surface area contributed by atoms with E-state index in [2.05, 4.69) is 10.6 Å². The number of carbonyl (C=O) groups excluding carboxylic acids is 2. The van der Waals surface area contributed by atoms with Crippen LogP contribution in [-0.4, -0.2) is 66.3 Å². The van der Waals surface area contributed by atoms with Gasteiger partial charge in [0, 0.05) is 49.4 Å². The predicted molar refractivity (Wildman–Crippen MR) is 147 cm³/mol. The Bertz CT molecular complexity index is 1270. The molecular weight excluding hydrogens is 571 g/mol. The molecule has 2 atom stereocenters. The van der Waals surface area contributed by atoms with E-state index < -0.39 is 59.7 Å². The number of alkyl halides is 3. The molecule has 2 aromatic carbocycles. The SMILES string of the molecule is C[C@@H]1CN(CCC(F)(F)F)CCN1c1cc(Cl)ccc1NC(=O)c1ccc(CNC(=O)C(O)C(C)(C)C)c(F)c1F. The first kappa shape index (κ1) is 32.6. The molecule has 0 aromatic heterocycles. The van der Waals surface area contributed by atoms with Crippen molar-refractivity contribution in [2.45, 2.75) is 59.0 Å². The van der Waals surface area contributed by atoms with Gasteiger partial charge in [-0.25, -0.2) is 8.78 Å². The number of piperazine rings is 1. The van der Waals surface area contributed by atoms with Crippen LogP contribution in [0.4, 0.5) is 33.3 Å². The summed E-state index contributed by atoms with van der Waals surface area (Å²) in [5.41, 5.74) is -0.778. The van der Waals surface area contributed by atoms with Gasteiger partial charge in [-0.05, 0) is 36.6 Å². The average molecular weight is 605 g/mol. The van der Waals surface area contributed by atoms with Crippen LogP contribution < -0.4 is 15.5 Å². The highest BCUT2D eigenvalue weighted by atomic mass is 35.5. The summed E-state index contributed by atoms with van der Waals surface area (Å²) >= 11 is 6.20. The molecule has 1 fully saturated rings. The molecule has 3 rings (SSSR count). The molecule has 41 heavy (non-hydrogen) atoms. The molecule has 226 valence electrons. The summed E-state index contributed by atoms with van der Waals surface area (Å²) < 4.78 is 67.7. The first-order chi connectivity index (χ1) is 19.0. The average Bonchev–Trinajstić information content (AvgIpc) is 2.87. The van der Waals surface area contributed by atoms with E-state index in [-0.39, 0.29) is 23.8 Å². The van der Waals surface area contributed by atoms with Crippen LogP contribution in [0.1, 0.15) is 50.0 Å². The Balaban J connectivity index is 1.73. The molecule has 0 saturated carbocycles. The number of nitrogens with one attached hydrogen (secondary N) is 2. The third-order valence-corrected chi connectivity index (χ3v) is 7.10. The predicted octanol–water partition coefficient (Wildman–Crippen LogP) is 5.36. The molecule has 2 amide bonds. The van der Waals surface area contributed by atoms with Crippen LogP contribution in [0, 0.1) is 17.0 Å². The summed E-state index contributed by atoms with van der Waals surface area (Å²) in [5.74, 6) is -4.40. The second-order valence-corrected chi connectivity index (χ2v) is 11.6. The van der Waals surface area contributed by atoms with Crippen LogP contribution in [0.3, 0.4) is 0 Å². The molecule has 0 radical (unpaired) electrons. The molecular formula is C28H34ClF5N4O3. The van der Waals surface area contributed by atoms with Crippen molar-refractivity contribution in [3.8, 4) is 0 Å². The highest BCUT2D eigenvalue weighted by molar-refractivity contribution is 6.31. The molecule has 1 saturated heterocycles. The highest BCUT2D eigenvalue weighted by Gasteiger charge is 2.32. The fourth-order valence-electron chi connectivity index (χ4n) is 4.49. The minimum absolute atomic E-state index is 0.123. The molecule has 7 nitrogen and oxygen atoms in total. The second kappa shape index (κ2) is 12.9. The van der Waals surface area contributed by atoms with Gasteiger partial charge in [0.15, 0.2) is 11.6 Å². The molecule has 1 unspecified atom stereocenters. The summed E-state index contributed by atoms with van der Waals surface area (Å²) in [6.07, 6.45) is -6.52. The second-order valence-electron chi connectivity index (χ2n) is 11.2. The van der Waals surface area contributed by atoms with Crippen molar-refractivity contribution < 1.29 is 36.6 Å². The van der Waals surface area contributed by atoms with Crippen LogP contribution in [0.15, 0.2) is 30.3 Å². The largest absolute Gasteiger partial charge is 0.390 e. The minimum atomic E-state index is -4.25. The van der Waals surface area contributed by atoms with E-state index in [9.17, 15) is 36.6 Å². The van der Waals surface area contributed by atoms with Gasteiger partial charge in [-0.2, -0.15) is 13.2 Å². The van der Waals surface area contributed by atoms with Crippen LogP contribution >= 0.6 is 11.6 Å². The molecule has 1 heterocycles. The van der Waals surface area contributed by atoms with Gasteiger partial charge in [0.25, 0.3) is 5.91 Å². The number of anilines is 2. The quantitative estimate of drug-likeness (QED) is 0.354. The number of hydrogen-bond acceptors (Lipinski definition) is 5. The van der Waals surface area contributed by atoms with E-state index in [1.54, 1.807) is 31.7 Å². The molecule has 13 heteroatoms. The summed E-state index contributed by atoms with van der Waals surface area (Å²) in [6.45, 7) is 7.32. The Morgan fingerprint density at radius 1 is 1.10 bits per heavy atom. The number of benzene rings is 2. The van der Waals surface area contributed by atoms with Gasteiger partial charge in [0.2, 0.25) is 5.91 Å². The zero-order valence-corrected chi connectivity index (χ0v) is 24.0. The van der Waals surface area contributed by atoms with Gasteiger partial charge in [0.1, 0.15) is 6.10 Å². The van der Waals surface area contributed by atoms with Crippen LogP contribution in [0.5, 0.6) is 0 Å². The lowest BCUT2D eigenvalue weighted by atomic mass is 9.88. The Hall–Kier alpha value is -2.96. The van der Waals surface area contributed by atoms with Crippen molar-refractivity contribution in [3.05, 3.63) is 58.1 Å². The number of hydrogen-bond donors (Lipinski definition) is 3. The van der Waals surface area contributed by atoms with Crippen LogP contribution in [0.2, 0.25) is 5.02 Å². The standard InChI is InChI=1S/C28H34ClF5N4O3/c1-16-15-37(10-9-28(32,33)34)11-12-38(16)21-13-18(29)6-8-20(21)36-25(40)19-7-5-17(22(30)23(19)31)14-35-26(41)24(39)27(2,3)4/h5-8,13,16,24,39H,9-12,14-15H2,1-4H3,(H,35,41)(H,36,40)/t16-,24?/m1/s1. The third-order valence-electron chi connectivity index (χ3n) is 6.87. The summed E-state index contributed by atoms with van der Waals surface area (Å²) in [6, 6.07) is 6.64. The number of aliphatic hydroxyl groups excluding tert-OH is 1. The van der Waals surface area contributed by atoms with E-state index in [1.807, 2.05) is 11.8 Å². The van der Waals surface area contributed by atoms with Crippen molar-refractivity contribution in [2.75, 3.05) is 36.4 Å². The zero-order valence-electron chi connectivity index (χ0n) is 23.2. The first-order valence-corrected chi connectivity index (χ1v) is 13.4. The monoisotopic (exact) mass is 604 g/mol. The molecule has 2 aromatic rings. The summed E-state index contributed by atoms with van der Waals surface area (Å²) in [4.78, 5) is 28.7. The van der Waals surface area contributed by atoms with E-state index in [1.165, 1.54) is 18.2 Å². The zero-order chi connectivity index (χ0) is 30.7. The van der Waals surface area contributed by atoms with Crippen molar-refractivity contribution in [2.24, 2.45) is 5.41 Å². The third kappa shape index (κ3) is 8.52. The number of nitrogens with zero attached hydrogens (tertiary/aromatic N) is 2. The number of halogens is 6. The van der Waals surface area contributed by atoms with Crippen molar-refractivity contribution in [3.63, 3.8) is 0 Å². The first-order valence-electron chi connectivity index (χ1n) is 13.1. The lowest BCUT2D eigenvalue weighted by molar-refractivity contribution is -0.138. The molecule has 1 aliphatic rings. The minimum Gasteiger partial charge on any atom is -0.383 e. The van der Waals surface area contributed by atoms with Crippen LogP contribution in [0.25, 0.3) is 0 Å². The fraction of sp³-hybridized carbons (Fsp3) is 0.500. The molecule has 0 spiro atoms. The molecule has 0 aliphatic carbocycles. The van der Waals surface area contributed by atoms with Gasteiger partial charge in [-0.1, -0.05) is 38.4 Å². The lowest BCUT2D eigenvalue weighted by Gasteiger charge is -2.42. The van der Waals surface area contributed by atoms with Gasteiger partial charge < -0.3 is 20.6 Å².